The molecule has 3 aromatic rings. The van der Waals surface area contributed by atoms with E-state index in [0.29, 0.717) is 21.0 Å². The Morgan fingerprint density at radius 1 is 1.30 bits per heavy atom. The summed E-state index contributed by atoms with van der Waals surface area (Å²) in [5, 5.41) is 0. The topological polar surface area (TPSA) is 52.8 Å². The lowest BCUT2D eigenvalue weighted by Crippen LogP contribution is -2.15. The molecule has 0 bridgehead atoms. The summed E-state index contributed by atoms with van der Waals surface area (Å²) in [6.45, 7) is 0.433. The Kier molecular flexibility index (Phi) is 4.48. The van der Waals surface area contributed by atoms with Gasteiger partial charge in [0.05, 0.1) is 16.8 Å². The fraction of sp³-hybridized carbons (Fsp3) is 0.100. The lowest BCUT2D eigenvalue weighted by atomic mass is 10.2. The predicted molar refractivity (Wildman–Crippen MR) is 101 cm³/mol. The number of carbonyl (C=O) groups is 1. The maximum Gasteiger partial charge on any atom is 0.272 e. The molecule has 0 saturated carbocycles. The summed E-state index contributed by atoms with van der Waals surface area (Å²) < 4.78 is 26.4. The summed E-state index contributed by atoms with van der Waals surface area (Å²) in [7, 11) is 0. The zero-order chi connectivity index (χ0) is 18.8. The van der Waals surface area contributed by atoms with E-state index in [1.165, 1.54) is 29.5 Å². The summed E-state index contributed by atoms with van der Waals surface area (Å²) in [5.41, 5.74) is 1.53. The van der Waals surface area contributed by atoms with Crippen molar-refractivity contribution in [1.29, 1.82) is 0 Å². The van der Waals surface area contributed by atoms with E-state index in [1.54, 1.807) is 28.8 Å². The monoisotopic (exact) mass is 380 g/mol. The van der Waals surface area contributed by atoms with Gasteiger partial charge in [-0.05, 0) is 42.0 Å². The minimum absolute atomic E-state index is 0.193. The number of hydrogen-bond acceptors (Lipinski definition) is 4. The molecule has 27 heavy (non-hydrogen) atoms. The molecule has 0 fully saturated rings. The van der Waals surface area contributed by atoms with Crippen molar-refractivity contribution in [2.75, 3.05) is 6.79 Å². The molecular formula is C20H13FN2O3S. The van der Waals surface area contributed by atoms with Gasteiger partial charge in [-0.25, -0.2) is 4.39 Å². The van der Waals surface area contributed by atoms with Crippen LogP contribution in [0.15, 0.2) is 47.5 Å². The average Bonchev–Trinajstić information content (AvgIpc) is 3.24. The first-order valence-corrected chi connectivity index (χ1v) is 8.84. The number of carbonyl (C=O) groups excluding carboxylic acids is 1. The number of nitrogens with zero attached hydrogens (tertiary/aromatic N) is 2. The van der Waals surface area contributed by atoms with Gasteiger partial charge in [-0.3, -0.25) is 4.79 Å². The van der Waals surface area contributed by atoms with Crippen molar-refractivity contribution in [2.24, 2.45) is 4.99 Å². The molecule has 1 aliphatic rings. The van der Waals surface area contributed by atoms with E-state index in [2.05, 4.69) is 10.9 Å². The molecule has 0 spiro atoms. The second kappa shape index (κ2) is 7.09. The molecule has 1 aromatic heterocycles. The van der Waals surface area contributed by atoms with Gasteiger partial charge < -0.3 is 14.0 Å². The van der Waals surface area contributed by atoms with E-state index in [-0.39, 0.29) is 19.2 Å². The maximum absolute atomic E-state index is 13.5. The van der Waals surface area contributed by atoms with Crippen molar-refractivity contribution in [1.82, 2.24) is 4.57 Å². The molecule has 0 aliphatic carbocycles. The number of fused-ring (bicyclic) bond motifs is 2. The smallest absolute Gasteiger partial charge is 0.272 e. The van der Waals surface area contributed by atoms with Crippen molar-refractivity contribution >= 4 is 33.5 Å². The fourth-order valence-corrected chi connectivity index (χ4v) is 3.75. The van der Waals surface area contributed by atoms with Crippen LogP contribution in [0.1, 0.15) is 5.56 Å². The van der Waals surface area contributed by atoms with Crippen molar-refractivity contribution in [3.05, 3.63) is 58.7 Å². The number of aromatic nitrogens is 1. The molecule has 4 rings (SSSR count). The van der Waals surface area contributed by atoms with Crippen LogP contribution in [0, 0.1) is 18.2 Å². The maximum atomic E-state index is 13.5. The number of thiazole rings is 1. The van der Waals surface area contributed by atoms with E-state index >= 15 is 0 Å². The second-order valence-corrected chi connectivity index (χ2v) is 6.69. The van der Waals surface area contributed by atoms with Gasteiger partial charge in [0.15, 0.2) is 16.3 Å². The molecule has 0 atom stereocenters. The number of benzene rings is 2. The Morgan fingerprint density at radius 2 is 2.15 bits per heavy atom. The van der Waals surface area contributed by atoms with Crippen LogP contribution in [0.3, 0.4) is 0 Å². The zero-order valence-corrected chi connectivity index (χ0v) is 14.8. The van der Waals surface area contributed by atoms with Crippen molar-refractivity contribution < 1.29 is 18.7 Å². The minimum Gasteiger partial charge on any atom is -0.454 e. The summed E-state index contributed by atoms with van der Waals surface area (Å²) in [4.78, 5) is 16.8. The van der Waals surface area contributed by atoms with Gasteiger partial charge >= 0.3 is 0 Å². The van der Waals surface area contributed by atoms with Crippen LogP contribution in [-0.2, 0) is 11.3 Å². The Morgan fingerprint density at radius 3 is 3.00 bits per heavy atom. The molecule has 7 heteroatoms. The quantitative estimate of drug-likeness (QED) is 0.517. The molecule has 5 nitrogen and oxygen atoms in total. The first-order chi connectivity index (χ1) is 13.1. The van der Waals surface area contributed by atoms with Crippen LogP contribution in [0.25, 0.3) is 16.3 Å². The Hall–Kier alpha value is -3.37. The van der Waals surface area contributed by atoms with Crippen LogP contribution in [0.2, 0.25) is 0 Å². The Bertz CT molecular complexity index is 1180. The Balaban J connectivity index is 1.65. The number of halogens is 1. The molecule has 0 N–H and O–H groups in total. The van der Waals surface area contributed by atoms with Gasteiger partial charge in [0.25, 0.3) is 5.91 Å². The van der Waals surface area contributed by atoms with E-state index in [0.717, 1.165) is 11.1 Å². The number of terminal acetylenes is 1. The third-order valence-electron chi connectivity index (χ3n) is 3.92. The third kappa shape index (κ3) is 3.48. The molecular weight excluding hydrogens is 367 g/mol. The van der Waals surface area contributed by atoms with Crippen molar-refractivity contribution in [2.45, 2.75) is 6.54 Å². The zero-order valence-electron chi connectivity index (χ0n) is 14.0. The SMILES string of the molecule is C#CCn1c(=NC(=O)/C=C\c2ccc3c(c2)OCO3)sc2cc(F)ccc21. The van der Waals surface area contributed by atoms with Crippen LogP contribution in [-0.4, -0.2) is 17.3 Å². The van der Waals surface area contributed by atoms with Crippen LogP contribution < -0.4 is 14.3 Å². The molecule has 1 amide bonds. The molecule has 2 heterocycles. The number of hydrogen-bond donors (Lipinski definition) is 0. The van der Waals surface area contributed by atoms with E-state index in [1.807, 2.05) is 6.07 Å². The normalized spacial score (nSPS) is 13.4. The average molecular weight is 380 g/mol. The highest BCUT2D eigenvalue weighted by atomic mass is 32.1. The number of amides is 1. The molecule has 0 saturated heterocycles. The predicted octanol–water partition coefficient (Wildman–Crippen LogP) is 3.34. The van der Waals surface area contributed by atoms with Crippen molar-refractivity contribution in [3.63, 3.8) is 0 Å². The lowest BCUT2D eigenvalue weighted by molar-refractivity contribution is -0.113. The van der Waals surface area contributed by atoms with Crippen LogP contribution in [0.4, 0.5) is 4.39 Å². The third-order valence-corrected chi connectivity index (χ3v) is 4.96. The summed E-state index contributed by atoms with van der Waals surface area (Å²) in [5.74, 6) is 3.06. The lowest BCUT2D eigenvalue weighted by Gasteiger charge is -1.99. The largest absolute Gasteiger partial charge is 0.454 e. The van der Waals surface area contributed by atoms with Crippen LogP contribution in [0.5, 0.6) is 11.5 Å². The summed E-state index contributed by atoms with van der Waals surface area (Å²) >= 11 is 1.21. The highest BCUT2D eigenvalue weighted by molar-refractivity contribution is 7.16. The van der Waals surface area contributed by atoms with Gasteiger partial charge in [0.2, 0.25) is 6.79 Å². The Labute approximate surface area is 158 Å². The van der Waals surface area contributed by atoms with E-state index < -0.39 is 5.91 Å². The number of ether oxygens (including phenoxy) is 2. The van der Waals surface area contributed by atoms with Gasteiger partial charge in [-0.15, -0.1) is 6.42 Å². The standard InChI is InChI=1S/C20H13FN2O3S/c1-2-9-23-15-6-5-14(21)11-18(15)27-20(23)22-19(24)8-4-13-3-7-16-17(10-13)26-12-25-16/h1,3-8,10-11H,9,12H2/b8-4-,22-20?. The highest BCUT2D eigenvalue weighted by Crippen LogP contribution is 2.32. The molecule has 0 radical (unpaired) electrons. The van der Waals surface area contributed by atoms with Gasteiger partial charge in [0.1, 0.15) is 5.82 Å². The van der Waals surface area contributed by atoms with E-state index in [9.17, 15) is 9.18 Å². The molecule has 0 unspecified atom stereocenters. The van der Waals surface area contributed by atoms with Crippen LogP contribution >= 0.6 is 11.3 Å². The minimum atomic E-state index is -0.439. The van der Waals surface area contributed by atoms with Crippen molar-refractivity contribution in [3.8, 4) is 23.8 Å². The summed E-state index contributed by atoms with van der Waals surface area (Å²) in [6.07, 6.45) is 8.43. The first kappa shape index (κ1) is 17.1. The highest BCUT2D eigenvalue weighted by Gasteiger charge is 2.12. The van der Waals surface area contributed by atoms with E-state index in [4.69, 9.17) is 15.9 Å². The second-order valence-electron chi connectivity index (χ2n) is 5.68. The number of rotatable bonds is 3. The summed E-state index contributed by atoms with van der Waals surface area (Å²) in [6, 6.07) is 9.77. The van der Waals surface area contributed by atoms with Gasteiger partial charge in [-0.2, -0.15) is 4.99 Å². The molecule has 2 aromatic carbocycles. The molecule has 134 valence electrons. The fourth-order valence-electron chi connectivity index (χ4n) is 2.69. The first-order valence-electron chi connectivity index (χ1n) is 8.03. The molecule has 1 aliphatic heterocycles. The van der Waals surface area contributed by atoms with Gasteiger partial charge in [-0.1, -0.05) is 23.3 Å². The van der Waals surface area contributed by atoms with Gasteiger partial charge in [0, 0.05) is 6.08 Å².